The number of hydrogen-bond donors (Lipinski definition) is 0. The SMILES string of the molecule is C=C=C=C=C=C=C=C=C=C=C=C=C=C=C=C1C(=C=C=C=C=C=C=C=C=C=C=C=C=C=C)[C@H]2C3C(=C=C=C=C=C=C)C(=C=C=C=C=C)C4=CC(=O)CCC4(C)C3CCC2(C)C12CCC(=O)O2. The summed E-state index contributed by atoms with van der Waals surface area (Å²) >= 11 is 0. The van der Waals surface area contributed by atoms with Gasteiger partial charge in [-0.2, -0.15) is 0 Å². The van der Waals surface area contributed by atoms with Crippen LogP contribution in [0.2, 0.25) is 0 Å². The third-order valence-corrected chi connectivity index (χ3v) is 11.5. The highest BCUT2D eigenvalue weighted by Crippen LogP contribution is 2.73. The molecule has 3 saturated carbocycles. The van der Waals surface area contributed by atoms with Crippen LogP contribution in [0.15, 0.2) is 267 Å². The Kier molecular flexibility index (Phi) is 15.9. The highest BCUT2D eigenvalue weighted by molar-refractivity contribution is 5.93. The largest absolute Gasteiger partial charge is 0.453 e. The Morgan fingerprint density at radius 3 is 1.43 bits per heavy atom. The second-order valence-corrected chi connectivity index (χ2v) is 14.6. The summed E-state index contributed by atoms with van der Waals surface area (Å²) in [6.07, 6.45) is 4.60. The molecule has 6 atom stereocenters. The van der Waals surface area contributed by atoms with Gasteiger partial charge in [0.1, 0.15) is 0 Å². The molecule has 296 valence electrons. The molecular formula is C62H30O3. The van der Waals surface area contributed by atoms with E-state index in [9.17, 15) is 9.59 Å². The van der Waals surface area contributed by atoms with Gasteiger partial charge >= 0.3 is 5.97 Å². The lowest BCUT2D eigenvalue weighted by atomic mass is 9.44. The molecular weight excluding hydrogens is 793 g/mol. The Hall–Kier alpha value is -10.1. The molecule has 5 aliphatic rings. The van der Waals surface area contributed by atoms with Crippen molar-refractivity contribution in [1.29, 1.82) is 0 Å². The van der Waals surface area contributed by atoms with Crippen LogP contribution in [0.25, 0.3) is 0 Å². The highest BCUT2D eigenvalue weighted by Gasteiger charge is 2.72. The van der Waals surface area contributed by atoms with Crippen LogP contribution in [0.4, 0.5) is 0 Å². The molecule has 4 aliphatic carbocycles. The van der Waals surface area contributed by atoms with Crippen molar-refractivity contribution in [2.45, 2.75) is 58.0 Å². The zero-order valence-electron chi connectivity index (χ0n) is 35.6. The Bertz CT molecular complexity index is 3830. The fourth-order valence-corrected chi connectivity index (χ4v) is 9.01. The van der Waals surface area contributed by atoms with Crippen molar-refractivity contribution in [2.24, 2.45) is 28.6 Å². The first-order chi connectivity index (χ1) is 31.7. The summed E-state index contributed by atoms with van der Waals surface area (Å²) < 4.78 is 6.49. The summed E-state index contributed by atoms with van der Waals surface area (Å²) in [6.45, 7) is 18.3. The number of esters is 1. The second kappa shape index (κ2) is 22.5. The molecule has 65 heavy (non-hydrogen) atoms. The summed E-state index contributed by atoms with van der Waals surface area (Å²) in [7, 11) is 0. The molecule has 0 aromatic rings. The van der Waals surface area contributed by atoms with Crippen LogP contribution in [0, 0.1) is 28.6 Å². The smallest absolute Gasteiger partial charge is 0.306 e. The quantitative estimate of drug-likeness (QED) is 0.181. The number of hydrogen-bond acceptors (Lipinski definition) is 3. The van der Waals surface area contributed by atoms with Crippen molar-refractivity contribution in [2.75, 3.05) is 0 Å². The lowest BCUT2D eigenvalue weighted by molar-refractivity contribution is -0.160. The standard InChI is InChI=1S/C62H30O3/c1-7-11-15-18-20-22-24-26-28-30-32-34-38-42-54-53(41-37-33-31-29-27-25-23-21-19-16-12-8-2)59-58-52(40-36-17-13-9-3)51(39-35-14-10-4)56-49-50(63)43-46-60(56,5)55(58)44-47-61(59,6)62(54)48-45-57(64)65-62/h49,55,58-59H,1-4,43-48H2,5-6H3/t55?,58?,59-,60?,61?,62?/m0/s1. The Labute approximate surface area is 377 Å². The molecule has 5 rings (SSSR count). The van der Waals surface area contributed by atoms with E-state index in [1.54, 1.807) is 6.08 Å². The predicted molar refractivity (Wildman–Crippen MR) is 239 cm³/mol. The molecule has 0 aromatic heterocycles. The Morgan fingerprint density at radius 2 is 0.938 bits per heavy atom. The van der Waals surface area contributed by atoms with Gasteiger partial charge in [-0.3, -0.25) is 9.59 Å². The third-order valence-electron chi connectivity index (χ3n) is 11.5. The van der Waals surface area contributed by atoms with E-state index in [2.05, 4.69) is 246 Å². The lowest BCUT2D eigenvalue weighted by Crippen LogP contribution is -2.56. The van der Waals surface area contributed by atoms with E-state index in [0.29, 0.717) is 48.0 Å². The predicted octanol–water partition coefficient (Wildman–Crippen LogP) is 10.8. The summed E-state index contributed by atoms with van der Waals surface area (Å²) in [5.41, 5.74) is 99.2. The average Bonchev–Trinajstić information content (AvgIpc) is 3.79. The van der Waals surface area contributed by atoms with Gasteiger partial charge in [0.15, 0.2) is 11.4 Å². The van der Waals surface area contributed by atoms with Crippen molar-refractivity contribution in [3.63, 3.8) is 0 Å². The molecule has 1 saturated heterocycles. The molecule has 3 heteroatoms. The van der Waals surface area contributed by atoms with E-state index in [4.69, 9.17) is 4.74 Å². The van der Waals surface area contributed by atoms with Crippen LogP contribution >= 0.6 is 0 Å². The third kappa shape index (κ3) is 10.5. The Morgan fingerprint density at radius 1 is 0.508 bits per heavy atom. The van der Waals surface area contributed by atoms with Crippen LogP contribution in [0.5, 0.6) is 0 Å². The van der Waals surface area contributed by atoms with Gasteiger partial charge in [0.05, 0.1) is 5.57 Å². The zero-order valence-corrected chi connectivity index (χ0v) is 35.6. The number of ketones is 1. The van der Waals surface area contributed by atoms with Gasteiger partial charge in [-0.15, -0.1) is 0 Å². The van der Waals surface area contributed by atoms with Crippen LogP contribution < -0.4 is 0 Å². The number of allylic oxidation sites excluding steroid dienone is 3. The maximum atomic E-state index is 13.3. The molecule has 5 unspecified atom stereocenters. The number of ether oxygens (including phenoxy) is 1. The maximum Gasteiger partial charge on any atom is 0.306 e. The molecule has 0 amide bonds. The molecule has 1 spiro atoms. The molecule has 0 N–H and O–H groups in total. The van der Waals surface area contributed by atoms with E-state index < -0.39 is 22.3 Å². The minimum atomic E-state index is -1.16. The highest BCUT2D eigenvalue weighted by atomic mass is 16.6. The van der Waals surface area contributed by atoms with Gasteiger partial charge in [-0.05, 0) is 229 Å². The monoisotopic (exact) mass is 822 g/mol. The fourth-order valence-electron chi connectivity index (χ4n) is 9.01. The molecule has 0 bridgehead atoms. The fraction of sp³-hybridized carbons (Fsp3) is 0.226. The minimum Gasteiger partial charge on any atom is -0.453 e. The number of fused-ring (bicyclic) bond motifs is 6. The van der Waals surface area contributed by atoms with Crippen LogP contribution in [-0.2, 0) is 14.3 Å². The van der Waals surface area contributed by atoms with Gasteiger partial charge < -0.3 is 4.74 Å². The molecule has 4 fully saturated rings. The van der Waals surface area contributed by atoms with Gasteiger partial charge in [0.2, 0.25) is 0 Å². The normalized spacial score (nSPS) is 22.9. The van der Waals surface area contributed by atoms with Crippen molar-refractivity contribution in [3.8, 4) is 0 Å². The van der Waals surface area contributed by atoms with Crippen molar-refractivity contribution >= 4 is 11.8 Å². The number of carbonyl (C=O) groups excluding carboxylic acids is 2. The lowest BCUT2D eigenvalue weighted by Gasteiger charge is -2.58. The van der Waals surface area contributed by atoms with E-state index in [-0.39, 0.29) is 30.0 Å². The molecule has 0 aromatic carbocycles. The Balaban J connectivity index is 2.03. The summed E-state index contributed by atoms with van der Waals surface area (Å²) in [4.78, 5) is 26.5. The molecule has 1 heterocycles. The average molecular weight is 823 g/mol. The second-order valence-electron chi connectivity index (χ2n) is 14.6. The van der Waals surface area contributed by atoms with E-state index in [1.807, 2.05) is 0 Å². The van der Waals surface area contributed by atoms with Gasteiger partial charge in [0.25, 0.3) is 0 Å². The van der Waals surface area contributed by atoms with E-state index >= 15 is 0 Å². The van der Waals surface area contributed by atoms with Gasteiger partial charge in [-0.1, -0.05) is 59.7 Å². The van der Waals surface area contributed by atoms with Crippen molar-refractivity contribution in [3.05, 3.63) is 267 Å². The summed E-state index contributed by atoms with van der Waals surface area (Å²) in [5, 5.41) is 0. The number of rotatable bonds is 0. The van der Waals surface area contributed by atoms with Crippen LogP contribution in [-0.4, -0.2) is 17.4 Å². The molecule has 3 nitrogen and oxygen atoms in total. The topological polar surface area (TPSA) is 43.4 Å². The first kappa shape index (κ1) is 46.0. The summed E-state index contributed by atoms with van der Waals surface area (Å²) in [5.74, 6) is -1.14. The minimum absolute atomic E-state index is 0.0133. The van der Waals surface area contributed by atoms with Crippen molar-refractivity contribution in [1.82, 2.24) is 0 Å². The first-order valence-corrected chi connectivity index (χ1v) is 19.8. The molecule has 1 aliphatic heterocycles. The van der Waals surface area contributed by atoms with Crippen molar-refractivity contribution < 1.29 is 14.3 Å². The van der Waals surface area contributed by atoms with Gasteiger partial charge in [-0.25, -0.2) is 0 Å². The van der Waals surface area contributed by atoms with E-state index in [1.165, 1.54) is 0 Å². The summed E-state index contributed by atoms with van der Waals surface area (Å²) in [6, 6.07) is 0. The maximum absolute atomic E-state index is 13.3. The van der Waals surface area contributed by atoms with Crippen LogP contribution in [0.1, 0.15) is 52.4 Å². The zero-order chi connectivity index (χ0) is 46.4. The van der Waals surface area contributed by atoms with E-state index in [0.717, 1.165) is 12.0 Å². The number of carbonyl (C=O) groups is 2. The van der Waals surface area contributed by atoms with Crippen LogP contribution in [0.3, 0.4) is 0 Å². The first-order valence-electron chi connectivity index (χ1n) is 19.8. The van der Waals surface area contributed by atoms with Gasteiger partial charge in [0, 0.05) is 53.2 Å². The molecule has 0 radical (unpaired) electrons.